The molecule has 5 heteroatoms. The van der Waals surface area contributed by atoms with Gasteiger partial charge in [0.25, 0.3) is 5.91 Å². The summed E-state index contributed by atoms with van der Waals surface area (Å²) in [5, 5.41) is 4.25. The molecule has 0 unspecified atom stereocenters. The number of carbonyl (C=O) groups excluding carboxylic acids is 1. The Morgan fingerprint density at radius 3 is 2.57 bits per heavy atom. The Bertz CT molecular complexity index is 572. The van der Waals surface area contributed by atoms with Crippen molar-refractivity contribution in [3.8, 4) is 0 Å². The van der Waals surface area contributed by atoms with E-state index in [2.05, 4.69) is 17.2 Å². The summed E-state index contributed by atoms with van der Waals surface area (Å²) in [5.41, 5.74) is 8.29. The average Bonchev–Trinajstić information content (AvgIpc) is 2.83. The summed E-state index contributed by atoms with van der Waals surface area (Å²) in [6.07, 6.45) is 0.818. The monoisotopic (exact) mass is 286 g/mol. The van der Waals surface area contributed by atoms with Crippen molar-refractivity contribution in [1.29, 1.82) is 0 Å². The first-order chi connectivity index (χ1) is 10.1. The fraction of sp³-hybridized carbons (Fsp3) is 0.375. The van der Waals surface area contributed by atoms with E-state index in [1.165, 1.54) is 5.56 Å². The zero-order chi connectivity index (χ0) is 15.2. The molecule has 0 radical (unpaired) electrons. The molecule has 0 spiro atoms. The summed E-state index contributed by atoms with van der Waals surface area (Å²) >= 11 is 0. The smallest absolute Gasteiger partial charge is 0.274 e. The number of rotatable bonds is 6. The molecule has 0 fully saturated rings. The van der Waals surface area contributed by atoms with Crippen molar-refractivity contribution in [2.45, 2.75) is 13.3 Å². The van der Waals surface area contributed by atoms with Crippen LogP contribution in [0, 0.1) is 6.92 Å². The van der Waals surface area contributed by atoms with E-state index in [1.807, 2.05) is 38.2 Å². The Kier molecular flexibility index (Phi) is 5.11. The highest BCUT2D eigenvalue weighted by Gasteiger charge is 2.18. The predicted molar refractivity (Wildman–Crippen MR) is 83.0 cm³/mol. The van der Waals surface area contributed by atoms with Crippen molar-refractivity contribution in [3.63, 3.8) is 0 Å². The van der Waals surface area contributed by atoms with Gasteiger partial charge in [0.15, 0.2) is 5.69 Å². The third-order valence-electron chi connectivity index (χ3n) is 3.53. The second-order valence-corrected chi connectivity index (χ2v) is 5.11. The Morgan fingerprint density at radius 2 is 2.00 bits per heavy atom. The van der Waals surface area contributed by atoms with Gasteiger partial charge in [0.05, 0.1) is 0 Å². The maximum absolute atomic E-state index is 12.5. The highest BCUT2D eigenvalue weighted by molar-refractivity contribution is 5.92. The zero-order valence-corrected chi connectivity index (χ0v) is 12.6. The molecule has 112 valence electrons. The highest BCUT2D eigenvalue weighted by atomic mass is 16.2. The molecule has 0 aliphatic carbocycles. The van der Waals surface area contributed by atoms with Crippen LogP contribution in [0.1, 0.15) is 21.7 Å². The average molecular weight is 286 g/mol. The van der Waals surface area contributed by atoms with Crippen molar-refractivity contribution < 1.29 is 4.79 Å². The number of amides is 1. The van der Waals surface area contributed by atoms with Gasteiger partial charge in [0.2, 0.25) is 0 Å². The van der Waals surface area contributed by atoms with Crippen LogP contribution in [-0.4, -0.2) is 40.2 Å². The number of hydrogen-bond donors (Lipinski definition) is 1. The van der Waals surface area contributed by atoms with Crippen molar-refractivity contribution in [2.75, 3.05) is 19.6 Å². The third kappa shape index (κ3) is 3.92. The van der Waals surface area contributed by atoms with E-state index in [-0.39, 0.29) is 5.91 Å². The molecule has 0 aliphatic heterocycles. The third-order valence-corrected chi connectivity index (χ3v) is 3.53. The van der Waals surface area contributed by atoms with Crippen LogP contribution in [0.3, 0.4) is 0 Å². The summed E-state index contributed by atoms with van der Waals surface area (Å²) in [6, 6.07) is 11.9. The van der Waals surface area contributed by atoms with Gasteiger partial charge in [-0.15, -0.1) is 0 Å². The van der Waals surface area contributed by atoms with Crippen molar-refractivity contribution in [2.24, 2.45) is 12.8 Å². The maximum Gasteiger partial charge on any atom is 0.274 e. The highest BCUT2D eigenvalue weighted by Crippen LogP contribution is 2.07. The van der Waals surface area contributed by atoms with Gasteiger partial charge in [-0.1, -0.05) is 30.3 Å². The molecule has 2 rings (SSSR count). The van der Waals surface area contributed by atoms with Crippen LogP contribution in [0.15, 0.2) is 36.4 Å². The molecule has 21 heavy (non-hydrogen) atoms. The Morgan fingerprint density at radius 1 is 1.29 bits per heavy atom. The minimum atomic E-state index is -0.0555. The quantitative estimate of drug-likeness (QED) is 0.872. The summed E-state index contributed by atoms with van der Waals surface area (Å²) in [5.74, 6) is -0.0555. The number of nitrogens with two attached hydrogens (primary N) is 1. The molecular formula is C16H22N4O. The molecule has 1 heterocycles. The zero-order valence-electron chi connectivity index (χ0n) is 12.6. The fourth-order valence-corrected chi connectivity index (χ4v) is 2.21. The van der Waals surface area contributed by atoms with E-state index in [9.17, 15) is 4.79 Å². The first-order valence-corrected chi connectivity index (χ1v) is 7.15. The van der Waals surface area contributed by atoms with Crippen molar-refractivity contribution >= 4 is 5.91 Å². The number of benzene rings is 1. The second-order valence-electron chi connectivity index (χ2n) is 5.11. The van der Waals surface area contributed by atoms with E-state index < -0.39 is 0 Å². The number of nitrogens with zero attached hydrogens (tertiary/aromatic N) is 3. The Balaban J connectivity index is 2.05. The normalized spacial score (nSPS) is 10.6. The van der Waals surface area contributed by atoms with Crippen LogP contribution in [0.5, 0.6) is 0 Å². The number of hydrogen-bond acceptors (Lipinski definition) is 3. The van der Waals surface area contributed by atoms with E-state index in [0.717, 1.165) is 12.1 Å². The summed E-state index contributed by atoms with van der Waals surface area (Å²) in [6.45, 7) is 3.57. The SMILES string of the molecule is Cc1cc(C(=O)N(CCN)CCc2ccccc2)nn1C. The van der Waals surface area contributed by atoms with Crippen LogP contribution in [0.2, 0.25) is 0 Å². The molecular weight excluding hydrogens is 264 g/mol. The Hall–Kier alpha value is -2.14. The lowest BCUT2D eigenvalue weighted by atomic mass is 10.1. The molecule has 1 amide bonds. The van der Waals surface area contributed by atoms with Crippen molar-refractivity contribution in [3.05, 3.63) is 53.3 Å². The maximum atomic E-state index is 12.5. The molecule has 0 saturated heterocycles. The molecule has 0 aliphatic rings. The molecule has 5 nitrogen and oxygen atoms in total. The van der Waals surface area contributed by atoms with Gasteiger partial charge >= 0.3 is 0 Å². The summed E-state index contributed by atoms with van der Waals surface area (Å²) < 4.78 is 1.71. The van der Waals surface area contributed by atoms with E-state index >= 15 is 0 Å². The van der Waals surface area contributed by atoms with Gasteiger partial charge in [-0.25, -0.2) is 0 Å². The van der Waals surface area contributed by atoms with Gasteiger partial charge < -0.3 is 10.6 Å². The summed E-state index contributed by atoms with van der Waals surface area (Å²) in [7, 11) is 1.84. The predicted octanol–water partition coefficient (Wildman–Crippen LogP) is 1.37. The van der Waals surface area contributed by atoms with E-state index in [1.54, 1.807) is 9.58 Å². The first kappa shape index (κ1) is 15.3. The number of aryl methyl sites for hydroxylation is 2. The largest absolute Gasteiger partial charge is 0.336 e. The minimum Gasteiger partial charge on any atom is -0.336 e. The first-order valence-electron chi connectivity index (χ1n) is 7.15. The van der Waals surface area contributed by atoms with Gasteiger partial charge in [0.1, 0.15) is 0 Å². The molecule has 1 aromatic heterocycles. The Labute approximate surface area is 125 Å². The number of aromatic nitrogens is 2. The second kappa shape index (κ2) is 7.04. The molecule has 2 aromatic rings. The number of carbonyl (C=O) groups is 1. The van der Waals surface area contributed by atoms with Gasteiger partial charge in [-0.3, -0.25) is 9.48 Å². The van der Waals surface area contributed by atoms with Gasteiger partial charge in [-0.05, 0) is 25.0 Å². The molecule has 1 aromatic carbocycles. The topological polar surface area (TPSA) is 64.2 Å². The van der Waals surface area contributed by atoms with Crippen LogP contribution in [0.4, 0.5) is 0 Å². The van der Waals surface area contributed by atoms with Crippen LogP contribution in [0.25, 0.3) is 0 Å². The standard InChI is InChI=1S/C16H22N4O/c1-13-12-15(18-19(13)2)16(21)20(11-9-17)10-8-14-6-4-3-5-7-14/h3-7,12H,8-11,17H2,1-2H3. The molecule has 2 N–H and O–H groups in total. The lowest BCUT2D eigenvalue weighted by Crippen LogP contribution is -2.37. The van der Waals surface area contributed by atoms with Gasteiger partial charge in [-0.2, -0.15) is 5.10 Å². The van der Waals surface area contributed by atoms with Gasteiger partial charge in [0, 0.05) is 32.4 Å². The minimum absolute atomic E-state index is 0.0555. The molecule has 0 atom stereocenters. The van der Waals surface area contributed by atoms with Crippen molar-refractivity contribution in [1.82, 2.24) is 14.7 Å². The van der Waals surface area contributed by atoms with Crippen LogP contribution >= 0.6 is 0 Å². The molecule has 0 saturated carbocycles. The van der Waals surface area contributed by atoms with Crippen LogP contribution < -0.4 is 5.73 Å². The van der Waals surface area contributed by atoms with E-state index in [4.69, 9.17) is 5.73 Å². The lowest BCUT2D eigenvalue weighted by Gasteiger charge is -2.21. The lowest BCUT2D eigenvalue weighted by molar-refractivity contribution is 0.0755. The molecule has 0 bridgehead atoms. The van der Waals surface area contributed by atoms with E-state index in [0.29, 0.717) is 25.3 Å². The van der Waals surface area contributed by atoms with Crippen LogP contribution in [-0.2, 0) is 13.5 Å². The fourth-order valence-electron chi connectivity index (χ4n) is 2.21. The summed E-state index contributed by atoms with van der Waals surface area (Å²) in [4.78, 5) is 14.3.